The van der Waals surface area contributed by atoms with Gasteiger partial charge in [0.2, 0.25) is 0 Å². The molecule has 6 nitrogen and oxygen atoms in total. The molecule has 17 heavy (non-hydrogen) atoms. The second-order valence-corrected chi connectivity index (χ2v) is 3.42. The fraction of sp³-hybridized carbons (Fsp3) is 0.182. The van der Waals surface area contributed by atoms with Crippen LogP contribution in [0.1, 0.15) is 17.4 Å². The maximum Gasteiger partial charge on any atom is 0.358 e. The smallest absolute Gasteiger partial charge is 0.358 e. The van der Waals surface area contributed by atoms with Crippen LogP contribution in [0.5, 0.6) is 5.75 Å². The summed E-state index contributed by atoms with van der Waals surface area (Å²) in [7, 11) is 0. The van der Waals surface area contributed by atoms with Gasteiger partial charge in [-0.2, -0.15) is 0 Å². The van der Waals surface area contributed by atoms with Gasteiger partial charge in [0.15, 0.2) is 5.69 Å². The van der Waals surface area contributed by atoms with Crippen LogP contribution in [-0.2, 0) is 6.54 Å². The zero-order valence-electron chi connectivity index (χ0n) is 9.16. The quantitative estimate of drug-likeness (QED) is 0.835. The minimum absolute atomic E-state index is 0.00648. The van der Waals surface area contributed by atoms with Crippen LogP contribution in [0.25, 0.3) is 11.3 Å². The predicted molar refractivity (Wildman–Crippen MR) is 59.8 cm³/mol. The van der Waals surface area contributed by atoms with Gasteiger partial charge in [0, 0.05) is 12.1 Å². The number of carboxylic acid groups (broad SMARTS) is 1. The fourth-order valence-corrected chi connectivity index (χ4v) is 1.62. The maximum atomic E-state index is 11.0. The molecule has 0 bridgehead atoms. The van der Waals surface area contributed by atoms with E-state index in [1.165, 1.54) is 10.7 Å². The van der Waals surface area contributed by atoms with E-state index in [0.717, 1.165) is 0 Å². The predicted octanol–water partition coefficient (Wildman–Crippen LogP) is 1.37. The van der Waals surface area contributed by atoms with E-state index in [1.807, 2.05) is 6.92 Å². The van der Waals surface area contributed by atoms with Crippen LogP contribution >= 0.6 is 0 Å². The zero-order valence-corrected chi connectivity index (χ0v) is 9.16. The van der Waals surface area contributed by atoms with Crippen molar-refractivity contribution < 1.29 is 15.0 Å². The minimum Gasteiger partial charge on any atom is -0.507 e. The SMILES string of the molecule is CCn1nnc(C(=O)O)c1-c1ccccc1O. The van der Waals surface area contributed by atoms with Crippen LogP contribution in [0.3, 0.4) is 0 Å². The number of hydrogen-bond donors (Lipinski definition) is 2. The molecule has 2 rings (SSSR count). The van der Waals surface area contributed by atoms with Crippen molar-refractivity contribution in [2.75, 3.05) is 0 Å². The summed E-state index contributed by atoms with van der Waals surface area (Å²) in [5.74, 6) is -1.16. The third-order valence-electron chi connectivity index (χ3n) is 2.40. The lowest BCUT2D eigenvalue weighted by Gasteiger charge is -2.06. The molecule has 6 heteroatoms. The molecule has 88 valence electrons. The number of aromatic nitrogens is 3. The third-order valence-corrected chi connectivity index (χ3v) is 2.40. The number of phenols is 1. The van der Waals surface area contributed by atoms with Crippen molar-refractivity contribution in [3.8, 4) is 17.0 Å². The largest absolute Gasteiger partial charge is 0.507 e. The molecule has 0 saturated heterocycles. The molecule has 0 radical (unpaired) electrons. The summed E-state index contributed by atoms with van der Waals surface area (Å²) in [4.78, 5) is 11.0. The van der Waals surface area contributed by atoms with Crippen LogP contribution in [0.15, 0.2) is 24.3 Å². The molecule has 0 aliphatic carbocycles. The standard InChI is InChI=1S/C11H11N3O3/c1-2-14-10(9(11(16)17)12-13-14)7-5-3-4-6-8(7)15/h3-6,15H,2H2,1H3,(H,16,17). The molecule has 0 spiro atoms. The summed E-state index contributed by atoms with van der Waals surface area (Å²) in [6.07, 6.45) is 0. The Labute approximate surface area is 97.1 Å². The number of aromatic hydroxyl groups is 1. The highest BCUT2D eigenvalue weighted by atomic mass is 16.4. The summed E-state index contributed by atoms with van der Waals surface area (Å²) in [5, 5.41) is 26.1. The van der Waals surface area contributed by atoms with E-state index in [2.05, 4.69) is 10.3 Å². The Morgan fingerprint density at radius 3 is 2.71 bits per heavy atom. The normalized spacial score (nSPS) is 10.4. The van der Waals surface area contributed by atoms with E-state index in [9.17, 15) is 9.90 Å². The first kappa shape index (κ1) is 11.1. The Hall–Kier alpha value is -2.37. The van der Waals surface area contributed by atoms with Crippen molar-refractivity contribution >= 4 is 5.97 Å². The highest BCUT2D eigenvalue weighted by Crippen LogP contribution is 2.30. The molecule has 0 aliphatic heterocycles. The van der Waals surface area contributed by atoms with E-state index in [0.29, 0.717) is 17.8 Å². The van der Waals surface area contributed by atoms with E-state index in [-0.39, 0.29) is 11.4 Å². The van der Waals surface area contributed by atoms with Crippen LogP contribution in [-0.4, -0.2) is 31.2 Å². The Morgan fingerprint density at radius 1 is 1.41 bits per heavy atom. The Bertz CT molecular complexity index is 563. The Morgan fingerprint density at radius 2 is 2.12 bits per heavy atom. The highest BCUT2D eigenvalue weighted by Gasteiger charge is 2.21. The monoisotopic (exact) mass is 233 g/mol. The van der Waals surface area contributed by atoms with Crippen molar-refractivity contribution in [3.63, 3.8) is 0 Å². The van der Waals surface area contributed by atoms with Crippen LogP contribution in [0, 0.1) is 0 Å². The molecular weight excluding hydrogens is 222 g/mol. The molecule has 0 saturated carbocycles. The van der Waals surface area contributed by atoms with E-state index >= 15 is 0 Å². The number of benzene rings is 1. The second kappa shape index (κ2) is 4.25. The molecule has 0 atom stereocenters. The molecule has 2 aromatic rings. The molecule has 0 aliphatic rings. The summed E-state index contributed by atoms with van der Waals surface area (Å²) in [5.41, 5.74) is 0.572. The number of carbonyl (C=O) groups is 1. The maximum absolute atomic E-state index is 11.0. The highest BCUT2D eigenvalue weighted by molar-refractivity contribution is 5.93. The number of aryl methyl sites for hydroxylation is 1. The van der Waals surface area contributed by atoms with Gasteiger partial charge in [-0.05, 0) is 19.1 Å². The van der Waals surface area contributed by atoms with Gasteiger partial charge in [-0.15, -0.1) is 5.10 Å². The molecule has 1 aromatic heterocycles. The number of hydrogen-bond acceptors (Lipinski definition) is 4. The topological polar surface area (TPSA) is 88.2 Å². The Balaban J connectivity index is 2.69. The van der Waals surface area contributed by atoms with E-state index in [1.54, 1.807) is 18.2 Å². The van der Waals surface area contributed by atoms with Crippen molar-refractivity contribution in [1.29, 1.82) is 0 Å². The second-order valence-electron chi connectivity index (χ2n) is 3.42. The van der Waals surface area contributed by atoms with Crippen molar-refractivity contribution in [2.24, 2.45) is 0 Å². The molecular formula is C11H11N3O3. The average molecular weight is 233 g/mol. The van der Waals surface area contributed by atoms with Gasteiger partial charge in [0.25, 0.3) is 0 Å². The Kier molecular flexibility index (Phi) is 2.78. The van der Waals surface area contributed by atoms with Gasteiger partial charge < -0.3 is 10.2 Å². The van der Waals surface area contributed by atoms with Gasteiger partial charge >= 0.3 is 5.97 Å². The van der Waals surface area contributed by atoms with Crippen molar-refractivity contribution in [3.05, 3.63) is 30.0 Å². The number of aromatic carboxylic acids is 1. The average Bonchev–Trinajstić information content (AvgIpc) is 2.73. The lowest BCUT2D eigenvalue weighted by atomic mass is 10.1. The van der Waals surface area contributed by atoms with Crippen molar-refractivity contribution in [2.45, 2.75) is 13.5 Å². The number of carboxylic acids is 1. The number of phenolic OH excluding ortho intramolecular Hbond substituents is 1. The number of para-hydroxylation sites is 1. The third kappa shape index (κ3) is 1.84. The molecule has 0 amide bonds. The molecule has 2 N–H and O–H groups in total. The van der Waals surface area contributed by atoms with Crippen LogP contribution in [0.2, 0.25) is 0 Å². The first-order chi connectivity index (χ1) is 8.15. The molecule has 0 unspecified atom stereocenters. The lowest BCUT2D eigenvalue weighted by Crippen LogP contribution is -2.03. The zero-order chi connectivity index (χ0) is 12.4. The summed E-state index contributed by atoms with van der Waals surface area (Å²) in [6, 6.07) is 6.51. The molecule has 0 fully saturated rings. The first-order valence-corrected chi connectivity index (χ1v) is 5.10. The van der Waals surface area contributed by atoms with Gasteiger partial charge in [0.05, 0.1) is 0 Å². The van der Waals surface area contributed by atoms with Gasteiger partial charge in [-0.3, -0.25) is 0 Å². The lowest BCUT2D eigenvalue weighted by molar-refractivity contribution is 0.0691. The van der Waals surface area contributed by atoms with Gasteiger partial charge in [-0.1, -0.05) is 17.3 Å². The van der Waals surface area contributed by atoms with E-state index in [4.69, 9.17) is 5.11 Å². The number of nitrogens with zero attached hydrogens (tertiary/aromatic N) is 3. The van der Waals surface area contributed by atoms with Gasteiger partial charge in [-0.25, -0.2) is 9.48 Å². The summed E-state index contributed by atoms with van der Waals surface area (Å²) >= 11 is 0. The molecule has 1 heterocycles. The van der Waals surface area contributed by atoms with Gasteiger partial charge in [0.1, 0.15) is 11.4 Å². The fourth-order valence-electron chi connectivity index (χ4n) is 1.62. The van der Waals surface area contributed by atoms with Crippen LogP contribution < -0.4 is 0 Å². The number of rotatable bonds is 3. The summed E-state index contributed by atoms with van der Waals surface area (Å²) in [6.45, 7) is 2.30. The minimum atomic E-state index is -1.16. The van der Waals surface area contributed by atoms with Crippen LogP contribution in [0.4, 0.5) is 0 Å². The first-order valence-electron chi connectivity index (χ1n) is 5.10. The van der Waals surface area contributed by atoms with E-state index < -0.39 is 5.97 Å². The van der Waals surface area contributed by atoms with Crippen molar-refractivity contribution in [1.82, 2.24) is 15.0 Å². The molecule has 1 aromatic carbocycles. The summed E-state index contributed by atoms with van der Waals surface area (Å²) < 4.78 is 1.44.